The molecule has 2 unspecified atom stereocenters. The fourth-order valence-corrected chi connectivity index (χ4v) is 3.42. The molecule has 2 atom stereocenters. The van der Waals surface area contributed by atoms with E-state index in [-0.39, 0.29) is 11.5 Å². The molecule has 0 aromatic carbocycles. The van der Waals surface area contributed by atoms with Gasteiger partial charge in [0.1, 0.15) is 12.0 Å². The highest BCUT2D eigenvalue weighted by molar-refractivity contribution is 5.97. The lowest BCUT2D eigenvalue weighted by molar-refractivity contribution is -0.145. The van der Waals surface area contributed by atoms with Crippen molar-refractivity contribution in [1.29, 1.82) is 0 Å². The Hall–Kier alpha value is -1.85. The molecule has 0 aromatic heterocycles. The van der Waals surface area contributed by atoms with Gasteiger partial charge in [0.05, 0.1) is 6.61 Å². The molecule has 6 nitrogen and oxygen atoms in total. The van der Waals surface area contributed by atoms with Gasteiger partial charge in [0.2, 0.25) is 0 Å². The van der Waals surface area contributed by atoms with E-state index in [0.717, 1.165) is 32.1 Å². The third-order valence-corrected chi connectivity index (χ3v) is 4.97. The fraction of sp³-hybridized carbons (Fsp3) is 0.762. The monoisotopic (exact) mass is 382 g/mol. The molecule has 0 aromatic rings. The number of aliphatic carboxylic acids is 1. The van der Waals surface area contributed by atoms with Crippen molar-refractivity contribution in [3.8, 4) is 0 Å². The Kier molecular flexibility index (Phi) is 11.5. The first-order valence-corrected chi connectivity index (χ1v) is 10.2. The predicted octanol–water partition coefficient (Wildman–Crippen LogP) is 4.41. The predicted molar refractivity (Wildman–Crippen MR) is 102 cm³/mol. The molecule has 1 aliphatic heterocycles. The Bertz CT molecular complexity index is 499. The summed E-state index contributed by atoms with van der Waals surface area (Å²) in [5, 5.41) is 9.18. The molecule has 27 heavy (non-hydrogen) atoms. The molecule has 0 radical (unpaired) electrons. The van der Waals surface area contributed by atoms with Crippen molar-refractivity contribution in [1.82, 2.24) is 0 Å². The minimum atomic E-state index is -1.03. The van der Waals surface area contributed by atoms with Crippen LogP contribution in [0.25, 0.3) is 0 Å². The maximum Gasteiger partial charge on any atom is 0.334 e. The number of carbonyl (C=O) groups is 3. The second-order valence-electron chi connectivity index (χ2n) is 7.30. The van der Waals surface area contributed by atoms with Gasteiger partial charge in [0.25, 0.3) is 0 Å². The summed E-state index contributed by atoms with van der Waals surface area (Å²) < 4.78 is 10.0. The van der Waals surface area contributed by atoms with Crippen LogP contribution in [0.3, 0.4) is 0 Å². The highest BCUT2D eigenvalue weighted by Crippen LogP contribution is 2.30. The van der Waals surface area contributed by atoms with E-state index in [1.807, 2.05) is 0 Å². The molecule has 0 spiro atoms. The van der Waals surface area contributed by atoms with Crippen LogP contribution in [0.2, 0.25) is 0 Å². The second-order valence-corrected chi connectivity index (χ2v) is 7.30. The summed E-state index contributed by atoms with van der Waals surface area (Å²) in [5.41, 5.74) is 0.0684. The molecule has 6 heteroatoms. The standard InChI is InChI=1S/C21H34O6/c1-16-19(20(23)24)18(27-21(16)25)14-12-10-8-6-4-3-5-7-9-11-13-15-26-17(2)22/h18-19H,1,3-15H2,2H3,(H,23,24). The molecule has 1 aliphatic rings. The first-order chi connectivity index (χ1) is 12.9. The topological polar surface area (TPSA) is 89.9 Å². The van der Waals surface area contributed by atoms with E-state index in [4.69, 9.17) is 9.47 Å². The van der Waals surface area contributed by atoms with Crippen molar-refractivity contribution in [2.45, 2.75) is 90.1 Å². The van der Waals surface area contributed by atoms with Crippen LogP contribution in [0.15, 0.2) is 12.2 Å². The van der Waals surface area contributed by atoms with E-state index in [0.29, 0.717) is 13.0 Å². The Morgan fingerprint density at radius 2 is 1.44 bits per heavy atom. The zero-order chi connectivity index (χ0) is 20.1. The van der Waals surface area contributed by atoms with E-state index < -0.39 is 24.0 Å². The van der Waals surface area contributed by atoms with Crippen molar-refractivity contribution >= 4 is 17.9 Å². The van der Waals surface area contributed by atoms with E-state index in [1.165, 1.54) is 45.4 Å². The van der Waals surface area contributed by atoms with Crippen molar-refractivity contribution in [3.05, 3.63) is 12.2 Å². The van der Waals surface area contributed by atoms with E-state index in [1.54, 1.807) is 0 Å². The summed E-state index contributed by atoms with van der Waals surface area (Å²) in [6.45, 7) is 5.51. The molecule has 1 heterocycles. The van der Waals surface area contributed by atoms with Gasteiger partial charge in [-0.2, -0.15) is 0 Å². The molecule has 0 bridgehead atoms. The van der Waals surface area contributed by atoms with Gasteiger partial charge in [-0.15, -0.1) is 0 Å². The van der Waals surface area contributed by atoms with Gasteiger partial charge in [-0.3, -0.25) is 9.59 Å². The minimum absolute atomic E-state index is 0.0684. The van der Waals surface area contributed by atoms with Crippen molar-refractivity contribution in [2.24, 2.45) is 5.92 Å². The molecule has 1 rings (SSSR count). The quantitative estimate of drug-likeness (QED) is 0.256. The van der Waals surface area contributed by atoms with Crippen molar-refractivity contribution < 1.29 is 29.0 Å². The van der Waals surface area contributed by atoms with Crippen LogP contribution in [0.5, 0.6) is 0 Å². The van der Waals surface area contributed by atoms with Gasteiger partial charge in [0, 0.05) is 12.5 Å². The van der Waals surface area contributed by atoms with Crippen LogP contribution in [0.4, 0.5) is 0 Å². The van der Waals surface area contributed by atoms with Gasteiger partial charge in [-0.1, -0.05) is 64.4 Å². The van der Waals surface area contributed by atoms with Crippen LogP contribution < -0.4 is 0 Å². The van der Waals surface area contributed by atoms with E-state index >= 15 is 0 Å². The lowest BCUT2D eigenvalue weighted by Crippen LogP contribution is -2.24. The maximum atomic E-state index is 11.5. The lowest BCUT2D eigenvalue weighted by Gasteiger charge is -2.13. The van der Waals surface area contributed by atoms with Gasteiger partial charge in [-0.25, -0.2) is 4.79 Å². The summed E-state index contributed by atoms with van der Waals surface area (Å²) >= 11 is 0. The number of unbranched alkanes of at least 4 members (excludes halogenated alkanes) is 10. The first kappa shape index (κ1) is 23.2. The molecule has 0 saturated carbocycles. The normalized spacial score (nSPS) is 19.1. The summed E-state index contributed by atoms with van der Waals surface area (Å²) in [7, 11) is 0. The molecular weight excluding hydrogens is 348 g/mol. The third-order valence-electron chi connectivity index (χ3n) is 4.97. The molecule has 1 fully saturated rings. The van der Waals surface area contributed by atoms with Gasteiger partial charge >= 0.3 is 17.9 Å². The van der Waals surface area contributed by atoms with E-state index in [2.05, 4.69) is 6.58 Å². The average molecular weight is 382 g/mol. The average Bonchev–Trinajstić information content (AvgIpc) is 2.89. The molecule has 1 N–H and O–H groups in total. The number of cyclic esters (lactones) is 1. The van der Waals surface area contributed by atoms with Crippen molar-refractivity contribution in [3.63, 3.8) is 0 Å². The third kappa shape index (κ3) is 9.59. The van der Waals surface area contributed by atoms with Crippen LogP contribution in [0.1, 0.15) is 84.0 Å². The molecule has 154 valence electrons. The largest absolute Gasteiger partial charge is 0.481 e. The highest BCUT2D eigenvalue weighted by atomic mass is 16.6. The Labute approximate surface area is 162 Å². The first-order valence-electron chi connectivity index (χ1n) is 10.2. The number of esters is 2. The van der Waals surface area contributed by atoms with Crippen molar-refractivity contribution in [2.75, 3.05) is 6.61 Å². The van der Waals surface area contributed by atoms with E-state index in [9.17, 15) is 19.5 Å². The van der Waals surface area contributed by atoms with Crippen LogP contribution in [0, 0.1) is 5.92 Å². The SMILES string of the molecule is C=C1C(=O)OC(CCCCCCCCCCCCCOC(C)=O)C1C(=O)O. The summed E-state index contributed by atoms with van der Waals surface area (Å²) in [5.74, 6) is -2.68. The Morgan fingerprint density at radius 3 is 1.93 bits per heavy atom. The molecule has 0 amide bonds. The Morgan fingerprint density at radius 1 is 0.963 bits per heavy atom. The minimum Gasteiger partial charge on any atom is -0.481 e. The van der Waals surface area contributed by atoms with Crippen LogP contribution in [-0.4, -0.2) is 35.7 Å². The lowest BCUT2D eigenvalue weighted by atomic mass is 9.93. The highest BCUT2D eigenvalue weighted by Gasteiger charge is 2.42. The van der Waals surface area contributed by atoms with Gasteiger partial charge in [0.15, 0.2) is 0 Å². The smallest absolute Gasteiger partial charge is 0.334 e. The number of carboxylic acid groups (broad SMARTS) is 1. The summed E-state index contributed by atoms with van der Waals surface area (Å²) in [4.78, 5) is 33.3. The van der Waals surface area contributed by atoms with Gasteiger partial charge < -0.3 is 14.6 Å². The molecular formula is C21H34O6. The molecule has 0 aliphatic carbocycles. The zero-order valence-corrected chi connectivity index (χ0v) is 16.5. The second kappa shape index (κ2) is 13.3. The number of carboxylic acids is 1. The number of carbonyl (C=O) groups excluding carboxylic acids is 2. The zero-order valence-electron chi connectivity index (χ0n) is 16.5. The number of hydrogen-bond donors (Lipinski definition) is 1. The molecule has 1 saturated heterocycles. The fourth-order valence-electron chi connectivity index (χ4n) is 3.42. The Balaban J connectivity index is 1.91. The number of ether oxygens (including phenoxy) is 2. The number of hydrogen-bond acceptors (Lipinski definition) is 5. The van der Waals surface area contributed by atoms with Gasteiger partial charge in [-0.05, 0) is 19.3 Å². The maximum absolute atomic E-state index is 11.5. The summed E-state index contributed by atoms with van der Waals surface area (Å²) in [6, 6.07) is 0. The number of rotatable bonds is 15. The van der Waals surface area contributed by atoms with Crippen LogP contribution in [-0.2, 0) is 23.9 Å². The van der Waals surface area contributed by atoms with Crippen LogP contribution >= 0.6 is 0 Å². The summed E-state index contributed by atoms with van der Waals surface area (Å²) in [6.07, 6.45) is 12.4.